The number of hydrogen-bond donors (Lipinski definition) is 0. The minimum atomic E-state index is -0.412. The Morgan fingerprint density at radius 1 is 1.14 bits per heavy atom. The van der Waals surface area contributed by atoms with Crippen LogP contribution in [0.2, 0.25) is 0 Å². The summed E-state index contributed by atoms with van der Waals surface area (Å²) in [5.74, 6) is -0.0501. The number of halogens is 1. The summed E-state index contributed by atoms with van der Waals surface area (Å²) in [6, 6.07) is 15.6. The molecule has 0 radical (unpaired) electrons. The molecular weight excluding hydrogens is 377 g/mol. The van der Waals surface area contributed by atoms with Gasteiger partial charge in [0.15, 0.2) is 5.70 Å². The standard InChI is InChI=1S/C17H12INO2/c1-11-4-2-6-13(8-11)16-19-15(17(20)21-16)10-12-5-3-7-14(18)9-12/h2-10H,1H3/b15-10+. The number of carbonyl (C=O) groups is 1. The summed E-state index contributed by atoms with van der Waals surface area (Å²) in [7, 11) is 0. The number of cyclic esters (lactones) is 1. The molecule has 0 N–H and O–H groups in total. The van der Waals surface area contributed by atoms with E-state index in [1.807, 2.05) is 55.5 Å². The third-order valence-electron chi connectivity index (χ3n) is 3.04. The van der Waals surface area contributed by atoms with Crippen molar-refractivity contribution in [1.82, 2.24) is 0 Å². The molecule has 0 unspecified atom stereocenters. The molecule has 2 aromatic carbocycles. The minimum Gasteiger partial charge on any atom is -0.402 e. The van der Waals surface area contributed by atoms with Gasteiger partial charge in [-0.1, -0.05) is 29.8 Å². The van der Waals surface area contributed by atoms with Crippen LogP contribution in [0.25, 0.3) is 6.08 Å². The highest BCUT2D eigenvalue weighted by Crippen LogP contribution is 2.20. The van der Waals surface area contributed by atoms with Crippen molar-refractivity contribution >= 4 is 40.5 Å². The molecule has 4 heteroatoms. The number of benzene rings is 2. The van der Waals surface area contributed by atoms with Gasteiger partial charge in [0, 0.05) is 9.13 Å². The van der Waals surface area contributed by atoms with E-state index >= 15 is 0 Å². The van der Waals surface area contributed by atoms with Crippen LogP contribution in [0.1, 0.15) is 16.7 Å². The van der Waals surface area contributed by atoms with E-state index in [-0.39, 0.29) is 0 Å². The van der Waals surface area contributed by atoms with Crippen LogP contribution in [-0.4, -0.2) is 11.9 Å². The molecule has 0 bridgehead atoms. The van der Waals surface area contributed by atoms with Crippen LogP contribution < -0.4 is 0 Å². The first-order chi connectivity index (χ1) is 10.1. The SMILES string of the molecule is Cc1cccc(C2=N/C(=C/c3cccc(I)c3)C(=O)O2)c1. The van der Waals surface area contributed by atoms with E-state index < -0.39 is 5.97 Å². The minimum absolute atomic E-state index is 0.327. The highest BCUT2D eigenvalue weighted by molar-refractivity contribution is 14.1. The maximum atomic E-state index is 11.9. The molecule has 1 heterocycles. The number of rotatable bonds is 2. The summed E-state index contributed by atoms with van der Waals surface area (Å²) >= 11 is 2.23. The van der Waals surface area contributed by atoms with Crippen LogP contribution in [0.15, 0.2) is 59.2 Å². The lowest BCUT2D eigenvalue weighted by atomic mass is 10.1. The van der Waals surface area contributed by atoms with Crippen LogP contribution in [-0.2, 0) is 9.53 Å². The van der Waals surface area contributed by atoms with Crippen LogP contribution in [0.3, 0.4) is 0 Å². The molecule has 0 aliphatic carbocycles. The molecule has 3 nitrogen and oxygen atoms in total. The van der Waals surface area contributed by atoms with Gasteiger partial charge in [0.25, 0.3) is 0 Å². The lowest BCUT2D eigenvalue weighted by Crippen LogP contribution is -2.05. The quantitative estimate of drug-likeness (QED) is 0.443. The third kappa shape index (κ3) is 3.21. The molecule has 0 amide bonds. The van der Waals surface area contributed by atoms with Crippen LogP contribution in [0.4, 0.5) is 0 Å². The zero-order valence-electron chi connectivity index (χ0n) is 11.3. The molecule has 0 spiro atoms. The number of esters is 1. The first-order valence-electron chi connectivity index (χ1n) is 6.47. The molecule has 0 saturated carbocycles. The lowest BCUT2D eigenvalue weighted by molar-refractivity contribution is -0.129. The Balaban J connectivity index is 1.95. The van der Waals surface area contributed by atoms with Crippen molar-refractivity contribution in [2.45, 2.75) is 6.92 Å². The number of aryl methyl sites for hydroxylation is 1. The normalized spacial score (nSPS) is 16.0. The Hall–Kier alpha value is -1.95. The van der Waals surface area contributed by atoms with Gasteiger partial charge in [-0.2, -0.15) is 0 Å². The van der Waals surface area contributed by atoms with Crippen LogP contribution in [0.5, 0.6) is 0 Å². The number of ether oxygens (including phenoxy) is 1. The largest absolute Gasteiger partial charge is 0.402 e. The maximum absolute atomic E-state index is 11.9. The van der Waals surface area contributed by atoms with E-state index in [9.17, 15) is 4.79 Å². The predicted molar refractivity (Wildman–Crippen MR) is 90.9 cm³/mol. The third-order valence-corrected chi connectivity index (χ3v) is 3.71. The van der Waals surface area contributed by atoms with E-state index in [1.165, 1.54) is 0 Å². The molecule has 2 aromatic rings. The highest BCUT2D eigenvalue weighted by Gasteiger charge is 2.24. The fraction of sp³-hybridized carbons (Fsp3) is 0.0588. The number of carbonyl (C=O) groups excluding carboxylic acids is 1. The molecule has 3 rings (SSSR count). The molecule has 21 heavy (non-hydrogen) atoms. The summed E-state index contributed by atoms with van der Waals surface area (Å²) in [5.41, 5.74) is 3.17. The topological polar surface area (TPSA) is 38.7 Å². The van der Waals surface area contributed by atoms with E-state index in [0.717, 1.165) is 20.3 Å². The second-order valence-electron chi connectivity index (χ2n) is 4.76. The zero-order valence-corrected chi connectivity index (χ0v) is 13.5. The fourth-order valence-corrected chi connectivity index (χ4v) is 2.63. The van der Waals surface area contributed by atoms with E-state index in [0.29, 0.717) is 11.6 Å². The molecule has 1 aliphatic heterocycles. The van der Waals surface area contributed by atoms with Gasteiger partial charge in [0.2, 0.25) is 5.90 Å². The Labute approximate surface area is 136 Å². The van der Waals surface area contributed by atoms with Crippen molar-refractivity contribution in [1.29, 1.82) is 0 Å². The lowest BCUT2D eigenvalue weighted by Gasteiger charge is -1.99. The molecule has 1 aliphatic rings. The first-order valence-corrected chi connectivity index (χ1v) is 7.55. The molecule has 104 valence electrons. The van der Waals surface area contributed by atoms with Crippen molar-refractivity contribution < 1.29 is 9.53 Å². The van der Waals surface area contributed by atoms with Gasteiger partial charge in [-0.3, -0.25) is 0 Å². The fourth-order valence-electron chi connectivity index (χ4n) is 2.06. The average Bonchev–Trinajstić information content (AvgIpc) is 2.80. The Morgan fingerprint density at radius 3 is 2.71 bits per heavy atom. The van der Waals surface area contributed by atoms with Gasteiger partial charge in [-0.25, -0.2) is 9.79 Å². The maximum Gasteiger partial charge on any atom is 0.363 e. The summed E-state index contributed by atoms with van der Waals surface area (Å²) in [6.45, 7) is 1.99. The summed E-state index contributed by atoms with van der Waals surface area (Å²) in [5, 5.41) is 0. The number of aliphatic imine (C=N–C) groups is 1. The smallest absolute Gasteiger partial charge is 0.363 e. The van der Waals surface area contributed by atoms with Crippen LogP contribution >= 0.6 is 22.6 Å². The van der Waals surface area contributed by atoms with E-state index in [4.69, 9.17) is 4.74 Å². The Morgan fingerprint density at radius 2 is 1.95 bits per heavy atom. The second-order valence-corrected chi connectivity index (χ2v) is 6.01. The predicted octanol–water partition coefficient (Wildman–Crippen LogP) is 3.94. The summed E-state index contributed by atoms with van der Waals surface area (Å²) in [6.07, 6.45) is 1.74. The summed E-state index contributed by atoms with van der Waals surface area (Å²) in [4.78, 5) is 16.2. The molecular formula is C17H12INO2. The molecule has 0 atom stereocenters. The number of nitrogens with zero attached hydrogens (tertiary/aromatic N) is 1. The van der Waals surface area contributed by atoms with Crippen molar-refractivity contribution in [3.8, 4) is 0 Å². The first kappa shape index (κ1) is 14.0. The molecule has 0 aromatic heterocycles. The van der Waals surface area contributed by atoms with E-state index in [1.54, 1.807) is 6.08 Å². The second kappa shape index (κ2) is 5.81. The van der Waals surface area contributed by atoms with Crippen molar-refractivity contribution in [3.05, 3.63) is 74.5 Å². The molecule has 0 saturated heterocycles. The monoisotopic (exact) mass is 389 g/mol. The van der Waals surface area contributed by atoms with Gasteiger partial charge in [0.1, 0.15) is 0 Å². The Kier molecular flexibility index (Phi) is 3.88. The van der Waals surface area contributed by atoms with Gasteiger partial charge in [-0.15, -0.1) is 0 Å². The molecule has 0 fully saturated rings. The summed E-state index contributed by atoms with van der Waals surface area (Å²) < 4.78 is 6.37. The average molecular weight is 389 g/mol. The van der Waals surface area contributed by atoms with Gasteiger partial charge in [0.05, 0.1) is 0 Å². The van der Waals surface area contributed by atoms with Crippen molar-refractivity contribution in [2.24, 2.45) is 4.99 Å². The van der Waals surface area contributed by atoms with Crippen molar-refractivity contribution in [3.63, 3.8) is 0 Å². The van der Waals surface area contributed by atoms with Gasteiger partial charge in [-0.05, 0) is 65.4 Å². The van der Waals surface area contributed by atoms with Crippen molar-refractivity contribution in [2.75, 3.05) is 0 Å². The Bertz CT molecular complexity index is 778. The van der Waals surface area contributed by atoms with Gasteiger partial charge < -0.3 is 4.74 Å². The van der Waals surface area contributed by atoms with Gasteiger partial charge >= 0.3 is 5.97 Å². The zero-order chi connectivity index (χ0) is 14.8. The van der Waals surface area contributed by atoms with E-state index in [2.05, 4.69) is 27.6 Å². The van der Waals surface area contributed by atoms with Crippen LogP contribution in [0, 0.1) is 10.5 Å². The number of hydrogen-bond acceptors (Lipinski definition) is 3. The highest BCUT2D eigenvalue weighted by atomic mass is 127.